The molecule has 0 amide bonds. The first-order valence-electron chi connectivity index (χ1n) is 11.0. The molecule has 1 aromatic carbocycles. The van der Waals surface area contributed by atoms with E-state index in [1.54, 1.807) is 19.2 Å². The molecule has 2 N–H and O–H groups in total. The van der Waals surface area contributed by atoms with Crippen molar-refractivity contribution in [1.29, 1.82) is 0 Å². The van der Waals surface area contributed by atoms with Crippen molar-refractivity contribution in [3.8, 4) is 0 Å². The number of rotatable bonds is 6. The largest absolute Gasteiger partial charge is 0.416 e. The SMILES string of the molecule is CN=C(NCC1CCN(C2CC2)C1)NC1CCN(Cc2ccc(C(F)(F)F)cc2)C1. The first kappa shape index (κ1) is 21.4. The molecule has 0 spiro atoms. The lowest BCUT2D eigenvalue weighted by atomic mass is 10.1. The topological polar surface area (TPSA) is 42.9 Å². The van der Waals surface area contributed by atoms with Crippen molar-refractivity contribution in [3.63, 3.8) is 0 Å². The first-order chi connectivity index (χ1) is 14.4. The molecule has 0 bridgehead atoms. The Morgan fingerprint density at radius 2 is 1.83 bits per heavy atom. The van der Waals surface area contributed by atoms with E-state index in [9.17, 15) is 13.2 Å². The number of likely N-dealkylation sites (tertiary alicyclic amines) is 2. The third kappa shape index (κ3) is 5.66. The summed E-state index contributed by atoms with van der Waals surface area (Å²) in [4.78, 5) is 9.28. The number of hydrogen-bond acceptors (Lipinski definition) is 3. The molecule has 2 heterocycles. The third-order valence-electron chi connectivity index (χ3n) is 6.46. The van der Waals surface area contributed by atoms with Crippen molar-refractivity contribution in [2.45, 2.75) is 50.5 Å². The van der Waals surface area contributed by atoms with E-state index in [0.717, 1.165) is 43.6 Å². The highest BCUT2D eigenvalue weighted by Gasteiger charge is 2.34. The Morgan fingerprint density at radius 1 is 1.07 bits per heavy atom. The summed E-state index contributed by atoms with van der Waals surface area (Å²) in [6.45, 7) is 5.82. The minimum Gasteiger partial charge on any atom is -0.356 e. The average Bonchev–Trinajstić information content (AvgIpc) is 3.30. The quantitative estimate of drug-likeness (QED) is 0.546. The lowest BCUT2D eigenvalue weighted by Crippen LogP contribution is -2.46. The van der Waals surface area contributed by atoms with Gasteiger partial charge in [-0.15, -0.1) is 0 Å². The molecule has 1 saturated carbocycles. The molecule has 3 fully saturated rings. The lowest BCUT2D eigenvalue weighted by Gasteiger charge is -2.20. The van der Waals surface area contributed by atoms with Crippen LogP contribution in [0, 0.1) is 5.92 Å². The van der Waals surface area contributed by atoms with Gasteiger partial charge >= 0.3 is 6.18 Å². The summed E-state index contributed by atoms with van der Waals surface area (Å²) in [6.07, 6.45) is 0.714. The fourth-order valence-electron chi connectivity index (χ4n) is 4.58. The van der Waals surface area contributed by atoms with Gasteiger partial charge in [0, 0.05) is 51.9 Å². The van der Waals surface area contributed by atoms with E-state index in [1.807, 2.05) is 0 Å². The molecule has 4 rings (SSSR count). The Labute approximate surface area is 176 Å². The van der Waals surface area contributed by atoms with E-state index in [1.165, 1.54) is 44.5 Å². The summed E-state index contributed by atoms with van der Waals surface area (Å²) in [5.41, 5.74) is 0.317. The minimum absolute atomic E-state index is 0.303. The predicted octanol–water partition coefficient (Wildman–Crippen LogP) is 2.93. The molecule has 1 aliphatic carbocycles. The molecule has 2 unspecified atom stereocenters. The van der Waals surface area contributed by atoms with E-state index in [2.05, 4.69) is 25.4 Å². The van der Waals surface area contributed by atoms with E-state index in [-0.39, 0.29) is 0 Å². The zero-order chi connectivity index (χ0) is 21.1. The maximum absolute atomic E-state index is 12.7. The minimum atomic E-state index is -4.28. The van der Waals surface area contributed by atoms with Crippen LogP contribution in [0.2, 0.25) is 0 Å². The number of hydrogen-bond donors (Lipinski definition) is 2. The molecule has 2 atom stereocenters. The fourth-order valence-corrected chi connectivity index (χ4v) is 4.58. The molecule has 30 heavy (non-hydrogen) atoms. The van der Waals surface area contributed by atoms with Gasteiger partial charge in [-0.3, -0.25) is 9.89 Å². The second-order valence-electron chi connectivity index (χ2n) is 8.89. The van der Waals surface area contributed by atoms with Crippen LogP contribution < -0.4 is 10.6 Å². The van der Waals surface area contributed by atoms with Crippen LogP contribution in [0.3, 0.4) is 0 Å². The molecule has 5 nitrogen and oxygen atoms in total. The Kier molecular flexibility index (Phi) is 6.53. The van der Waals surface area contributed by atoms with Crippen LogP contribution in [0.1, 0.15) is 36.8 Å². The maximum Gasteiger partial charge on any atom is 0.416 e. The van der Waals surface area contributed by atoms with Gasteiger partial charge in [0.15, 0.2) is 5.96 Å². The van der Waals surface area contributed by atoms with Crippen LogP contribution in [0.4, 0.5) is 13.2 Å². The second-order valence-corrected chi connectivity index (χ2v) is 8.89. The number of benzene rings is 1. The maximum atomic E-state index is 12.7. The zero-order valence-electron chi connectivity index (χ0n) is 17.6. The second kappa shape index (κ2) is 9.14. The lowest BCUT2D eigenvalue weighted by molar-refractivity contribution is -0.137. The Bertz CT molecular complexity index is 729. The van der Waals surface area contributed by atoms with Crippen LogP contribution in [0.15, 0.2) is 29.3 Å². The molecule has 8 heteroatoms. The molecule has 3 aliphatic rings. The molecule has 0 radical (unpaired) electrons. The number of guanidine groups is 1. The molecular formula is C22H32F3N5. The van der Waals surface area contributed by atoms with Crippen LogP contribution >= 0.6 is 0 Å². The van der Waals surface area contributed by atoms with Crippen molar-refractivity contribution in [1.82, 2.24) is 20.4 Å². The van der Waals surface area contributed by atoms with Crippen LogP contribution in [-0.4, -0.2) is 67.6 Å². The Balaban J connectivity index is 1.19. The fraction of sp³-hybridized carbons (Fsp3) is 0.682. The number of halogens is 3. The summed E-state index contributed by atoms with van der Waals surface area (Å²) in [6, 6.07) is 6.65. The van der Waals surface area contributed by atoms with Crippen molar-refractivity contribution < 1.29 is 13.2 Å². The van der Waals surface area contributed by atoms with E-state index in [4.69, 9.17) is 0 Å². The van der Waals surface area contributed by atoms with E-state index < -0.39 is 11.7 Å². The smallest absolute Gasteiger partial charge is 0.356 e. The number of aliphatic imine (C=N–C) groups is 1. The van der Waals surface area contributed by atoms with Crippen molar-refractivity contribution in [3.05, 3.63) is 35.4 Å². The van der Waals surface area contributed by atoms with E-state index >= 15 is 0 Å². The first-order valence-corrected chi connectivity index (χ1v) is 11.0. The summed E-state index contributed by atoms with van der Waals surface area (Å²) < 4.78 is 38.1. The summed E-state index contributed by atoms with van der Waals surface area (Å²) >= 11 is 0. The van der Waals surface area contributed by atoms with Gasteiger partial charge < -0.3 is 15.5 Å². The van der Waals surface area contributed by atoms with Crippen LogP contribution in [0.25, 0.3) is 0 Å². The van der Waals surface area contributed by atoms with E-state index in [0.29, 0.717) is 18.5 Å². The standard InChI is InChI=1S/C22H32F3N5/c1-26-21(27-12-17-8-11-30(14-17)20-6-7-20)28-19-9-10-29(15-19)13-16-2-4-18(5-3-16)22(23,24)25/h2-5,17,19-20H,6-15H2,1H3,(H2,26,27,28). The van der Waals surface area contributed by atoms with Gasteiger partial charge in [0.1, 0.15) is 0 Å². The van der Waals surface area contributed by atoms with Gasteiger partial charge in [0.25, 0.3) is 0 Å². The molecule has 1 aromatic rings. The van der Waals surface area contributed by atoms with Crippen molar-refractivity contribution in [2.75, 3.05) is 39.8 Å². The van der Waals surface area contributed by atoms with Gasteiger partial charge in [0.05, 0.1) is 5.56 Å². The van der Waals surface area contributed by atoms with Crippen molar-refractivity contribution >= 4 is 5.96 Å². The van der Waals surface area contributed by atoms with Gasteiger partial charge in [-0.2, -0.15) is 13.2 Å². The van der Waals surface area contributed by atoms with Crippen molar-refractivity contribution in [2.24, 2.45) is 10.9 Å². The zero-order valence-corrected chi connectivity index (χ0v) is 17.6. The average molecular weight is 424 g/mol. The number of nitrogens with zero attached hydrogens (tertiary/aromatic N) is 3. The monoisotopic (exact) mass is 423 g/mol. The summed E-state index contributed by atoms with van der Waals surface area (Å²) in [5, 5.41) is 7.01. The predicted molar refractivity (Wildman–Crippen MR) is 112 cm³/mol. The third-order valence-corrected chi connectivity index (χ3v) is 6.46. The Morgan fingerprint density at radius 3 is 2.50 bits per heavy atom. The summed E-state index contributed by atoms with van der Waals surface area (Å²) in [5.74, 6) is 1.53. The van der Waals surface area contributed by atoms with Gasteiger partial charge in [-0.1, -0.05) is 12.1 Å². The number of alkyl halides is 3. The molecule has 0 aromatic heterocycles. The highest BCUT2D eigenvalue weighted by Crippen LogP contribution is 2.31. The van der Waals surface area contributed by atoms with Gasteiger partial charge in [-0.05, 0) is 55.8 Å². The Hall–Kier alpha value is -1.80. The molecule has 2 saturated heterocycles. The molecule has 166 valence electrons. The van der Waals surface area contributed by atoms with Crippen LogP contribution in [-0.2, 0) is 12.7 Å². The normalized spacial score (nSPS) is 26.3. The van der Waals surface area contributed by atoms with Crippen LogP contribution in [0.5, 0.6) is 0 Å². The highest BCUT2D eigenvalue weighted by atomic mass is 19.4. The highest BCUT2D eigenvalue weighted by molar-refractivity contribution is 5.80. The number of nitrogens with one attached hydrogen (secondary N) is 2. The van der Waals surface area contributed by atoms with Gasteiger partial charge in [0.2, 0.25) is 0 Å². The van der Waals surface area contributed by atoms with Gasteiger partial charge in [-0.25, -0.2) is 0 Å². The molecule has 2 aliphatic heterocycles. The molecular weight excluding hydrogens is 391 g/mol. The summed E-state index contributed by atoms with van der Waals surface area (Å²) in [7, 11) is 1.80.